The first-order valence-corrected chi connectivity index (χ1v) is 6.80. The van der Waals surface area contributed by atoms with E-state index in [9.17, 15) is 9.59 Å². The van der Waals surface area contributed by atoms with Gasteiger partial charge in [-0.25, -0.2) is 9.78 Å². The number of aromatic nitrogens is 1. The molecule has 6 nitrogen and oxygen atoms in total. The number of hydrogen-bond acceptors (Lipinski definition) is 5. The van der Waals surface area contributed by atoms with Gasteiger partial charge in [-0.05, 0) is 31.9 Å². The van der Waals surface area contributed by atoms with E-state index >= 15 is 0 Å². The maximum absolute atomic E-state index is 12.3. The van der Waals surface area contributed by atoms with Crippen LogP contribution in [-0.4, -0.2) is 41.5 Å². The predicted octanol–water partition coefficient (Wildman–Crippen LogP) is 1.72. The molecule has 0 spiro atoms. The molecule has 0 saturated carbocycles. The molecule has 20 heavy (non-hydrogen) atoms. The number of hydrogen-bond donors (Lipinski definition) is 1. The van der Waals surface area contributed by atoms with E-state index in [0.29, 0.717) is 44.0 Å². The number of ether oxygens (including phenoxy) is 1. The Morgan fingerprint density at radius 2 is 2.10 bits per heavy atom. The number of likely N-dealkylation sites (tertiary alicyclic amines) is 1. The molecule has 2 rings (SSSR count). The number of nitrogen functional groups attached to an aromatic ring is 1. The molecule has 0 bridgehead atoms. The second-order valence-electron chi connectivity index (χ2n) is 4.77. The van der Waals surface area contributed by atoms with E-state index in [4.69, 9.17) is 10.5 Å². The Balaban J connectivity index is 1.93. The topological polar surface area (TPSA) is 85.5 Å². The van der Waals surface area contributed by atoms with Crippen LogP contribution in [0.2, 0.25) is 0 Å². The second kappa shape index (κ2) is 6.36. The summed E-state index contributed by atoms with van der Waals surface area (Å²) in [4.78, 5) is 29.6. The molecule has 0 unspecified atom stereocenters. The van der Waals surface area contributed by atoms with Crippen molar-refractivity contribution < 1.29 is 14.3 Å². The van der Waals surface area contributed by atoms with Crippen LogP contribution in [0.3, 0.4) is 0 Å². The van der Waals surface area contributed by atoms with Crippen LogP contribution in [0.1, 0.15) is 30.3 Å². The smallest absolute Gasteiger partial charge is 0.409 e. The van der Waals surface area contributed by atoms with Crippen molar-refractivity contribution in [1.82, 2.24) is 9.88 Å². The van der Waals surface area contributed by atoms with Gasteiger partial charge in [-0.3, -0.25) is 4.79 Å². The number of nitrogens with two attached hydrogens (primary N) is 1. The van der Waals surface area contributed by atoms with Crippen LogP contribution in [-0.2, 0) is 4.74 Å². The molecule has 0 atom stereocenters. The molecule has 1 fully saturated rings. The van der Waals surface area contributed by atoms with Crippen LogP contribution in [0.4, 0.5) is 10.6 Å². The highest BCUT2D eigenvalue weighted by Crippen LogP contribution is 2.21. The monoisotopic (exact) mass is 277 g/mol. The Kier molecular flexibility index (Phi) is 4.55. The van der Waals surface area contributed by atoms with Gasteiger partial charge in [-0.15, -0.1) is 0 Å². The molecular weight excluding hydrogens is 258 g/mol. The minimum absolute atomic E-state index is 0.000749. The van der Waals surface area contributed by atoms with Gasteiger partial charge >= 0.3 is 6.09 Å². The van der Waals surface area contributed by atoms with Crippen molar-refractivity contribution in [2.24, 2.45) is 5.92 Å². The van der Waals surface area contributed by atoms with Gasteiger partial charge < -0.3 is 15.4 Å². The Labute approximate surface area is 117 Å². The molecule has 2 N–H and O–H groups in total. The number of pyridine rings is 1. The molecule has 1 aromatic rings. The van der Waals surface area contributed by atoms with Gasteiger partial charge in [0.05, 0.1) is 6.61 Å². The number of nitrogens with zero attached hydrogens (tertiary/aromatic N) is 2. The predicted molar refractivity (Wildman–Crippen MR) is 74.3 cm³/mol. The van der Waals surface area contributed by atoms with E-state index in [2.05, 4.69) is 4.98 Å². The zero-order chi connectivity index (χ0) is 14.5. The van der Waals surface area contributed by atoms with Crippen molar-refractivity contribution in [3.63, 3.8) is 0 Å². The zero-order valence-electron chi connectivity index (χ0n) is 11.5. The summed E-state index contributed by atoms with van der Waals surface area (Å²) < 4.78 is 4.95. The van der Waals surface area contributed by atoms with Gasteiger partial charge in [0.1, 0.15) is 11.5 Å². The first-order chi connectivity index (χ1) is 9.61. The number of amides is 1. The molecular formula is C14H19N3O3. The van der Waals surface area contributed by atoms with Gasteiger partial charge in [0, 0.05) is 19.0 Å². The number of ketones is 1. The minimum Gasteiger partial charge on any atom is -0.450 e. The van der Waals surface area contributed by atoms with E-state index in [-0.39, 0.29) is 17.8 Å². The molecule has 0 radical (unpaired) electrons. The molecule has 6 heteroatoms. The van der Waals surface area contributed by atoms with Crippen molar-refractivity contribution in [3.8, 4) is 0 Å². The standard InChI is InChI=1S/C14H19N3O3/c1-2-20-14(19)17-8-6-10(7-9-17)13(18)11-4-3-5-12(15)16-11/h3-5,10H,2,6-9H2,1H3,(H2,15,16). The number of piperidine rings is 1. The fraction of sp³-hybridized carbons (Fsp3) is 0.500. The van der Waals surface area contributed by atoms with Gasteiger partial charge in [-0.1, -0.05) is 6.07 Å². The van der Waals surface area contributed by atoms with E-state index in [1.54, 1.807) is 30.0 Å². The lowest BCUT2D eigenvalue weighted by atomic mass is 9.91. The van der Waals surface area contributed by atoms with Crippen LogP contribution >= 0.6 is 0 Å². The fourth-order valence-corrected chi connectivity index (χ4v) is 2.34. The maximum atomic E-state index is 12.3. The largest absolute Gasteiger partial charge is 0.450 e. The van der Waals surface area contributed by atoms with Gasteiger partial charge in [-0.2, -0.15) is 0 Å². The quantitative estimate of drug-likeness (QED) is 0.850. The number of anilines is 1. The molecule has 1 aromatic heterocycles. The number of Topliss-reactive ketones (excluding diaryl/α,β-unsaturated/α-hetero) is 1. The summed E-state index contributed by atoms with van der Waals surface area (Å²) in [5.74, 6) is 0.246. The minimum atomic E-state index is -0.305. The maximum Gasteiger partial charge on any atom is 0.409 e. The highest BCUT2D eigenvalue weighted by atomic mass is 16.6. The van der Waals surface area contributed by atoms with Crippen LogP contribution in [0.15, 0.2) is 18.2 Å². The molecule has 2 heterocycles. The second-order valence-corrected chi connectivity index (χ2v) is 4.77. The average Bonchev–Trinajstić information content (AvgIpc) is 2.47. The van der Waals surface area contributed by atoms with Crippen LogP contribution in [0, 0.1) is 5.92 Å². The summed E-state index contributed by atoms with van der Waals surface area (Å²) >= 11 is 0. The van der Waals surface area contributed by atoms with Crippen molar-refractivity contribution in [2.45, 2.75) is 19.8 Å². The molecule has 1 amide bonds. The SMILES string of the molecule is CCOC(=O)N1CCC(C(=O)c2cccc(N)n2)CC1. The lowest BCUT2D eigenvalue weighted by Gasteiger charge is -2.30. The Morgan fingerprint density at radius 1 is 1.40 bits per heavy atom. The van der Waals surface area contributed by atoms with Crippen LogP contribution in [0.5, 0.6) is 0 Å². The third-order valence-corrected chi connectivity index (χ3v) is 3.41. The fourth-order valence-electron chi connectivity index (χ4n) is 2.34. The van der Waals surface area contributed by atoms with Gasteiger partial charge in [0.15, 0.2) is 5.78 Å². The number of carbonyl (C=O) groups is 2. The molecule has 0 aromatic carbocycles. The third kappa shape index (κ3) is 3.26. The normalized spacial score (nSPS) is 15.9. The molecule has 1 aliphatic rings. The zero-order valence-corrected chi connectivity index (χ0v) is 11.5. The lowest BCUT2D eigenvalue weighted by Crippen LogP contribution is -2.40. The summed E-state index contributed by atoms with van der Waals surface area (Å²) in [6.45, 7) is 3.22. The summed E-state index contributed by atoms with van der Waals surface area (Å²) in [5.41, 5.74) is 5.99. The highest BCUT2D eigenvalue weighted by molar-refractivity contribution is 5.96. The van der Waals surface area contributed by atoms with E-state index < -0.39 is 0 Å². The van der Waals surface area contributed by atoms with Crippen molar-refractivity contribution in [3.05, 3.63) is 23.9 Å². The highest BCUT2D eigenvalue weighted by Gasteiger charge is 2.29. The van der Waals surface area contributed by atoms with Crippen LogP contribution < -0.4 is 5.73 Å². The molecule has 0 aliphatic carbocycles. The van der Waals surface area contributed by atoms with E-state index in [1.807, 2.05) is 0 Å². The first kappa shape index (κ1) is 14.3. The average molecular weight is 277 g/mol. The number of carbonyl (C=O) groups excluding carboxylic acids is 2. The molecule has 1 saturated heterocycles. The van der Waals surface area contributed by atoms with Crippen molar-refractivity contribution in [1.29, 1.82) is 0 Å². The van der Waals surface area contributed by atoms with Crippen molar-refractivity contribution >= 4 is 17.7 Å². The first-order valence-electron chi connectivity index (χ1n) is 6.80. The summed E-state index contributed by atoms with van der Waals surface area (Å²) in [5, 5.41) is 0. The Hall–Kier alpha value is -2.11. The van der Waals surface area contributed by atoms with E-state index in [0.717, 1.165) is 0 Å². The van der Waals surface area contributed by atoms with Crippen molar-refractivity contribution in [2.75, 3.05) is 25.4 Å². The summed E-state index contributed by atoms with van der Waals surface area (Å²) in [6, 6.07) is 5.06. The van der Waals surface area contributed by atoms with Gasteiger partial charge in [0.2, 0.25) is 0 Å². The Bertz CT molecular complexity index is 496. The molecule has 108 valence electrons. The van der Waals surface area contributed by atoms with E-state index in [1.165, 1.54) is 0 Å². The Morgan fingerprint density at radius 3 is 2.70 bits per heavy atom. The lowest BCUT2D eigenvalue weighted by molar-refractivity contribution is 0.0750. The number of rotatable bonds is 3. The van der Waals surface area contributed by atoms with Gasteiger partial charge in [0.25, 0.3) is 0 Å². The summed E-state index contributed by atoms with van der Waals surface area (Å²) in [7, 11) is 0. The van der Waals surface area contributed by atoms with Crippen LogP contribution in [0.25, 0.3) is 0 Å². The summed E-state index contributed by atoms with van der Waals surface area (Å²) in [6.07, 6.45) is 0.961. The third-order valence-electron chi connectivity index (χ3n) is 3.41. The molecule has 1 aliphatic heterocycles.